The summed E-state index contributed by atoms with van der Waals surface area (Å²) < 4.78 is 0. The van der Waals surface area contributed by atoms with Crippen LogP contribution in [0.15, 0.2) is 97.3 Å². The fraction of sp³-hybridized carbons (Fsp3) is 0.160. The largest absolute Gasteiger partial charge is 0.274 e. The zero-order valence-corrected chi connectivity index (χ0v) is 15.8. The van der Waals surface area contributed by atoms with Gasteiger partial charge in [0.1, 0.15) is 0 Å². The number of carbonyl (C=O) groups is 2. The molecule has 0 radical (unpaired) electrons. The molecule has 2 amide bonds. The highest BCUT2D eigenvalue weighted by Gasteiger charge is 2.55. The second kappa shape index (κ2) is 7.13. The fourth-order valence-electron chi connectivity index (χ4n) is 4.67. The molecule has 0 spiro atoms. The van der Waals surface area contributed by atoms with E-state index in [1.54, 1.807) is 24.5 Å². The molecule has 5 rings (SSSR count). The van der Waals surface area contributed by atoms with E-state index in [2.05, 4.69) is 17.1 Å². The Hall–Kier alpha value is -3.53. The molecule has 0 N–H and O–H groups in total. The molecule has 142 valence electrons. The van der Waals surface area contributed by atoms with E-state index in [0.717, 1.165) is 11.1 Å². The quantitative estimate of drug-likeness (QED) is 0.502. The molecule has 0 bridgehead atoms. The summed E-state index contributed by atoms with van der Waals surface area (Å²) in [6, 6.07) is 23.4. The predicted octanol–water partition coefficient (Wildman–Crippen LogP) is 4.32. The third-order valence-corrected chi connectivity index (χ3v) is 5.97. The van der Waals surface area contributed by atoms with Gasteiger partial charge in [0, 0.05) is 18.0 Å². The number of amides is 2. The summed E-state index contributed by atoms with van der Waals surface area (Å²) in [5.41, 5.74) is 2.65. The smallest absolute Gasteiger partial charge is 0.238 e. The normalized spacial score (nSPS) is 25.9. The van der Waals surface area contributed by atoms with E-state index in [1.165, 1.54) is 4.90 Å². The van der Waals surface area contributed by atoms with Gasteiger partial charge in [0.25, 0.3) is 0 Å². The topological polar surface area (TPSA) is 50.3 Å². The number of hydrogen-bond donors (Lipinski definition) is 0. The highest BCUT2D eigenvalue weighted by Crippen LogP contribution is 2.49. The lowest BCUT2D eigenvalue weighted by atomic mass is 9.68. The van der Waals surface area contributed by atoms with Crippen molar-refractivity contribution in [1.82, 2.24) is 4.98 Å². The van der Waals surface area contributed by atoms with Crippen LogP contribution in [0.4, 0.5) is 5.69 Å². The first-order valence-electron chi connectivity index (χ1n) is 9.82. The van der Waals surface area contributed by atoms with Gasteiger partial charge in [-0.2, -0.15) is 0 Å². The van der Waals surface area contributed by atoms with Gasteiger partial charge < -0.3 is 0 Å². The van der Waals surface area contributed by atoms with Crippen molar-refractivity contribution in [1.29, 1.82) is 0 Å². The van der Waals surface area contributed by atoms with E-state index in [0.29, 0.717) is 5.69 Å². The summed E-state index contributed by atoms with van der Waals surface area (Å²) in [5.74, 6) is -1.40. The molecule has 29 heavy (non-hydrogen) atoms. The van der Waals surface area contributed by atoms with E-state index in [1.807, 2.05) is 60.7 Å². The summed E-state index contributed by atoms with van der Waals surface area (Å²) in [7, 11) is 0. The van der Waals surface area contributed by atoms with Crippen LogP contribution in [-0.2, 0) is 9.59 Å². The van der Waals surface area contributed by atoms with Crippen molar-refractivity contribution in [2.45, 2.75) is 11.8 Å². The molecule has 1 aliphatic heterocycles. The third kappa shape index (κ3) is 2.88. The number of anilines is 1. The second-order valence-electron chi connectivity index (χ2n) is 7.53. The van der Waals surface area contributed by atoms with Crippen LogP contribution in [0.2, 0.25) is 0 Å². The van der Waals surface area contributed by atoms with Gasteiger partial charge in [-0.05, 0) is 23.3 Å². The first kappa shape index (κ1) is 17.6. The van der Waals surface area contributed by atoms with E-state index in [9.17, 15) is 9.59 Å². The van der Waals surface area contributed by atoms with Crippen LogP contribution in [-0.4, -0.2) is 16.8 Å². The fourth-order valence-corrected chi connectivity index (χ4v) is 4.67. The lowest BCUT2D eigenvalue weighted by Crippen LogP contribution is -2.31. The molecule has 2 heterocycles. The summed E-state index contributed by atoms with van der Waals surface area (Å²) in [6.45, 7) is 0. The lowest BCUT2D eigenvalue weighted by molar-refractivity contribution is -0.122. The molecule has 1 aliphatic carbocycles. The van der Waals surface area contributed by atoms with Crippen molar-refractivity contribution in [3.05, 3.63) is 108 Å². The summed E-state index contributed by atoms with van der Waals surface area (Å²) in [4.78, 5) is 32.6. The number of nitrogens with zero attached hydrogens (tertiary/aromatic N) is 2. The number of allylic oxidation sites excluding steroid dienone is 2. The molecule has 2 aliphatic rings. The number of rotatable bonds is 3. The van der Waals surface area contributed by atoms with Crippen molar-refractivity contribution in [3.8, 4) is 0 Å². The second-order valence-corrected chi connectivity index (χ2v) is 7.53. The SMILES string of the molecule is O=C1[C@H]2[C@H](C(=O)N1c1cccnc1)[C@H](c1ccccc1)C=C[C@H]2c1ccccc1. The van der Waals surface area contributed by atoms with Gasteiger partial charge in [-0.1, -0.05) is 72.8 Å². The Kier molecular flexibility index (Phi) is 4.32. The molecule has 4 atom stereocenters. The Bertz CT molecular complexity index is 996. The summed E-state index contributed by atoms with van der Waals surface area (Å²) in [5, 5.41) is 0. The maximum atomic E-state index is 13.6. The number of benzene rings is 2. The van der Waals surface area contributed by atoms with Crippen LogP contribution in [0.1, 0.15) is 23.0 Å². The standard InChI is InChI=1S/C25H20N2O2/c28-24-22-20(17-8-3-1-4-9-17)13-14-21(18-10-5-2-6-11-18)23(22)25(29)27(24)19-12-7-15-26-16-19/h1-16,20-23H/t20-,21-,22+,23+/m0/s1. The molecule has 1 saturated heterocycles. The van der Waals surface area contributed by atoms with Crippen molar-refractivity contribution < 1.29 is 9.59 Å². The van der Waals surface area contributed by atoms with Crippen LogP contribution in [0.25, 0.3) is 0 Å². The van der Waals surface area contributed by atoms with Crippen LogP contribution in [0.5, 0.6) is 0 Å². The van der Waals surface area contributed by atoms with Gasteiger partial charge in [-0.3, -0.25) is 14.6 Å². The van der Waals surface area contributed by atoms with Gasteiger partial charge in [-0.15, -0.1) is 0 Å². The number of aromatic nitrogens is 1. The molecule has 4 nitrogen and oxygen atoms in total. The molecule has 2 aromatic carbocycles. The van der Waals surface area contributed by atoms with E-state index in [-0.39, 0.29) is 23.7 Å². The van der Waals surface area contributed by atoms with Gasteiger partial charge in [0.15, 0.2) is 0 Å². The molecule has 4 heteroatoms. The summed E-state index contributed by atoms with van der Waals surface area (Å²) in [6.07, 6.45) is 7.43. The predicted molar refractivity (Wildman–Crippen MR) is 111 cm³/mol. The van der Waals surface area contributed by atoms with E-state index < -0.39 is 11.8 Å². The molecule has 3 aromatic rings. The number of imide groups is 1. The first-order valence-corrected chi connectivity index (χ1v) is 9.82. The Morgan fingerprint density at radius 3 is 1.62 bits per heavy atom. The number of fused-ring (bicyclic) bond motifs is 1. The molecule has 1 aromatic heterocycles. The van der Waals surface area contributed by atoms with Crippen molar-refractivity contribution in [3.63, 3.8) is 0 Å². The Morgan fingerprint density at radius 2 is 1.17 bits per heavy atom. The van der Waals surface area contributed by atoms with Crippen LogP contribution in [0, 0.1) is 11.8 Å². The minimum atomic E-state index is -0.430. The maximum absolute atomic E-state index is 13.6. The highest BCUT2D eigenvalue weighted by atomic mass is 16.2. The van der Waals surface area contributed by atoms with E-state index in [4.69, 9.17) is 0 Å². The molecular formula is C25H20N2O2. The minimum Gasteiger partial charge on any atom is -0.274 e. The molecular weight excluding hydrogens is 360 g/mol. The number of carbonyl (C=O) groups excluding carboxylic acids is 2. The van der Waals surface area contributed by atoms with Gasteiger partial charge >= 0.3 is 0 Å². The maximum Gasteiger partial charge on any atom is 0.238 e. The van der Waals surface area contributed by atoms with Gasteiger partial charge in [0.2, 0.25) is 11.8 Å². The van der Waals surface area contributed by atoms with Gasteiger partial charge in [0.05, 0.1) is 23.7 Å². The molecule has 0 unspecified atom stereocenters. The molecule has 0 saturated carbocycles. The zero-order valence-electron chi connectivity index (χ0n) is 15.8. The van der Waals surface area contributed by atoms with Crippen LogP contribution < -0.4 is 4.90 Å². The van der Waals surface area contributed by atoms with E-state index >= 15 is 0 Å². The van der Waals surface area contributed by atoms with Crippen molar-refractivity contribution in [2.24, 2.45) is 11.8 Å². The monoisotopic (exact) mass is 380 g/mol. The van der Waals surface area contributed by atoms with Crippen LogP contribution >= 0.6 is 0 Å². The number of hydrogen-bond acceptors (Lipinski definition) is 3. The number of pyridine rings is 1. The zero-order chi connectivity index (χ0) is 19.8. The highest BCUT2D eigenvalue weighted by molar-refractivity contribution is 6.22. The minimum absolute atomic E-state index is 0.126. The Labute approximate surface area is 169 Å². The van der Waals surface area contributed by atoms with Crippen LogP contribution in [0.3, 0.4) is 0 Å². The molecule has 1 fully saturated rings. The first-order chi connectivity index (χ1) is 14.3. The van der Waals surface area contributed by atoms with Crippen molar-refractivity contribution in [2.75, 3.05) is 4.90 Å². The summed E-state index contributed by atoms with van der Waals surface area (Å²) >= 11 is 0. The van der Waals surface area contributed by atoms with Gasteiger partial charge in [-0.25, -0.2) is 4.90 Å². The third-order valence-electron chi connectivity index (χ3n) is 5.97. The Morgan fingerprint density at radius 1 is 0.655 bits per heavy atom. The Balaban J connectivity index is 1.64. The average Bonchev–Trinajstić information content (AvgIpc) is 3.06. The van der Waals surface area contributed by atoms with Crippen molar-refractivity contribution >= 4 is 17.5 Å². The average molecular weight is 380 g/mol. The lowest BCUT2D eigenvalue weighted by Gasteiger charge is -2.32.